The van der Waals surface area contributed by atoms with Crippen molar-refractivity contribution in [2.24, 2.45) is 0 Å². The molecule has 21 heavy (non-hydrogen) atoms. The Morgan fingerprint density at radius 3 is 3.19 bits per heavy atom. The summed E-state index contributed by atoms with van der Waals surface area (Å²) in [5.41, 5.74) is 0.967. The molecule has 1 N–H and O–H groups in total. The molecule has 1 aromatic carbocycles. The van der Waals surface area contributed by atoms with Crippen molar-refractivity contribution in [3.8, 4) is 11.3 Å². The minimum absolute atomic E-state index is 0.580. The molecule has 0 amide bonds. The molecule has 1 aliphatic rings. The van der Waals surface area contributed by atoms with Gasteiger partial charge >= 0.3 is 0 Å². The van der Waals surface area contributed by atoms with Crippen LogP contribution < -0.4 is 5.32 Å². The van der Waals surface area contributed by atoms with Crippen molar-refractivity contribution in [2.45, 2.75) is 25.4 Å². The van der Waals surface area contributed by atoms with E-state index in [1.165, 1.54) is 12.8 Å². The lowest BCUT2D eigenvalue weighted by Gasteiger charge is -2.22. The molecule has 0 spiro atoms. The molecule has 0 aliphatic carbocycles. The van der Waals surface area contributed by atoms with Gasteiger partial charge in [0.05, 0.1) is 12.7 Å². The van der Waals surface area contributed by atoms with Crippen LogP contribution in [0.15, 0.2) is 34.9 Å². The van der Waals surface area contributed by atoms with Crippen LogP contribution in [0.25, 0.3) is 11.3 Å². The van der Waals surface area contributed by atoms with Crippen LogP contribution in [0.4, 0.5) is 0 Å². The molecule has 4 nitrogen and oxygen atoms in total. The summed E-state index contributed by atoms with van der Waals surface area (Å²) in [7, 11) is 2.00. The molecule has 2 heterocycles. The van der Waals surface area contributed by atoms with Gasteiger partial charge in [0.15, 0.2) is 5.76 Å². The van der Waals surface area contributed by atoms with E-state index in [4.69, 9.17) is 16.0 Å². The third-order valence-corrected chi connectivity index (χ3v) is 4.17. The number of benzene rings is 1. The van der Waals surface area contributed by atoms with Crippen LogP contribution >= 0.6 is 11.6 Å². The highest BCUT2D eigenvalue weighted by Gasteiger charge is 2.25. The molecule has 1 aromatic heterocycles. The van der Waals surface area contributed by atoms with Crippen molar-refractivity contribution in [1.29, 1.82) is 0 Å². The van der Waals surface area contributed by atoms with Crippen LogP contribution in [-0.4, -0.2) is 36.1 Å². The van der Waals surface area contributed by atoms with Crippen molar-refractivity contribution in [3.05, 3.63) is 41.4 Å². The van der Waals surface area contributed by atoms with Gasteiger partial charge in [-0.05, 0) is 38.6 Å². The Balaban J connectivity index is 1.70. The summed E-state index contributed by atoms with van der Waals surface area (Å²) in [5, 5.41) is 3.96. The number of rotatable bonds is 5. The summed E-state index contributed by atoms with van der Waals surface area (Å²) in [6.07, 6.45) is 4.26. The lowest BCUT2D eigenvalue weighted by atomic mass is 10.2. The van der Waals surface area contributed by atoms with Crippen molar-refractivity contribution >= 4 is 11.6 Å². The summed E-state index contributed by atoms with van der Waals surface area (Å²) in [6.45, 7) is 2.90. The van der Waals surface area contributed by atoms with E-state index in [2.05, 4.69) is 15.2 Å². The quantitative estimate of drug-likeness (QED) is 0.921. The maximum Gasteiger partial charge on any atom is 0.209 e. The normalized spacial score (nSPS) is 19.2. The molecule has 5 heteroatoms. The molecule has 0 saturated carbocycles. The van der Waals surface area contributed by atoms with Gasteiger partial charge in [0, 0.05) is 23.2 Å². The Bertz CT molecular complexity index is 599. The second kappa shape index (κ2) is 6.60. The topological polar surface area (TPSA) is 41.3 Å². The Hall–Kier alpha value is -1.36. The van der Waals surface area contributed by atoms with Crippen molar-refractivity contribution in [1.82, 2.24) is 15.2 Å². The van der Waals surface area contributed by atoms with Crippen LogP contribution in [0.2, 0.25) is 5.02 Å². The fraction of sp³-hybridized carbons (Fsp3) is 0.438. The molecule has 0 bridgehead atoms. The molecule has 1 saturated heterocycles. The molecule has 1 fully saturated rings. The minimum atomic E-state index is 0.580. The maximum absolute atomic E-state index is 6.02. The van der Waals surface area contributed by atoms with E-state index >= 15 is 0 Å². The Morgan fingerprint density at radius 2 is 2.38 bits per heavy atom. The highest BCUT2D eigenvalue weighted by atomic mass is 35.5. The number of likely N-dealkylation sites (tertiary alicyclic amines) is 1. The zero-order chi connectivity index (χ0) is 14.7. The summed E-state index contributed by atoms with van der Waals surface area (Å²) in [5.74, 6) is 1.55. The van der Waals surface area contributed by atoms with Crippen molar-refractivity contribution in [2.75, 3.05) is 20.1 Å². The fourth-order valence-corrected chi connectivity index (χ4v) is 3.09. The van der Waals surface area contributed by atoms with E-state index in [-0.39, 0.29) is 0 Å². The lowest BCUT2D eigenvalue weighted by Crippen LogP contribution is -2.36. The third-order valence-electron chi connectivity index (χ3n) is 3.94. The molecule has 3 rings (SSSR count). The number of hydrogen-bond acceptors (Lipinski definition) is 4. The average Bonchev–Trinajstić information content (AvgIpc) is 3.10. The highest BCUT2D eigenvalue weighted by molar-refractivity contribution is 6.30. The van der Waals surface area contributed by atoms with E-state index in [0.717, 1.165) is 36.8 Å². The van der Waals surface area contributed by atoms with Gasteiger partial charge in [-0.25, -0.2) is 4.98 Å². The third kappa shape index (κ3) is 3.46. The van der Waals surface area contributed by atoms with Crippen LogP contribution in [-0.2, 0) is 6.54 Å². The number of hydrogen-bond donors (Lipinski definition) is 1. The first kappa shape index (κ1) is 14.6. The van der Waals surface area contributed by atoms with Gasteiger partial charge in [-0.2, -0.15) is 0 Å². The van der Waals surface area contributed by atoms with Gasteiger partial charge in [0.25, 0.3) is 0 Å². The Kier molecular flexibility index (Phi) is 4.58. The Labute approximate surface area is 130 Å². The zero-order valence-electron chi connectivity index (χ0n) is 12.2. The number of aromatic nitrogens is 1. The van der Waals surface area contributed by atoms with E-state index < -0.39 is 0 Å². The number of oxazole rings is 1. The second-order valence-corrected chi connectivity index (χ2v) is 5.89. The minimum Gasteiger partial charge on any atom is -0.439 e. The lowest BCUT2D eigenvalue weighted by molar-refractivity contribution is 0.220. The molecule has 1 atom stereocenters. The molecular formula is C16H20ClN3O. The molecule has 2 aromatic rings. The van der Waals surface area contributed by atoms with Gasteiger partial charge in [0.2, 0.25) is 5.89 Å². The standard InChI is InChI=1S/C16H20ClN3O/c1-18-9-14-6-3-7-20(14)11-16-19-10-15(21-16)12-4-2-5-13(17)8-12/h2,4-5,8,10,14,18H,3,6-7,9,11H2,1H3. The predicted molar refractivity (Wildman–Crippen MR) is 84.3 cm³/mol. The van der Waals surface area contributed by atoms with E-state index in [1.54, 1.807) is 6.20 Å². The maximum atomic E-state index is 6.02. The van der Waals surface area contributed by atoms with Gasteiger partial charge in [0.1, 0.15) is 0 Å². The van der Waals surface area contributed by atoms with E-state index in [0.29, 0.717) is 11.1 Å². The monoisotopic (exact) mass is 305 g/mol. The van der Waals surface area contributed by atoms with Gasteiger partial charge in [-0.3, -0.25) is 4.90 Å². The van der Waals surface area contributed by atoms with Gasteiger partial charge < -0.3 is 9.73 Å². The van der Waals surface area contributed by atoms with Crippen LogP contribution in [0.5, 0.6) is 0 Å². The number of likely N-dealkylation sites (N-methyl/N-ethyl adjacent to an activating group) is 1. The smallest absolute Gasteiger partial charge is 0.209 e. The Morgan fingerprint density at radius 1 is 1.48 bits per heavy atom. The SMILES string of the molecule is CNCC1CCCN1Cc1ncc(-c2cccc(Cl)c2)o1. The van der Waals surface area contributed by atoms with Crippen LogP contribution in [0.3, 0.4) is 0 Å². The number of nitrogens with zero attached hydrogens (tertiary/aromatic N) is 2. The summed E-state index contributed by atoms with van der Waals surface area (Å²) >= 11 is 6.02. The predicted octanol–water partition coefficient (Wildman–Crippen LogP) is 3.18. The van der Waals surface area contributed by atoms with Crippen molar-refractivity contribution < 1.29 is 4.42 Å². The molecule has 1 unspecified atom stereocenters. The average molecular weight is 306 g/mol. The second-order valence-electron chi connectivity index (χ2n) is 5.45. The largest absolute Gasteiger partial charge is 0.439 e. The van der Waals surface area contributed by atoms with E-state index in [9.17, 15) is 0 Å². The summed E-state index contributed by atoms with van der Waals surface area (Å²) in [6, 6.07) is 8.23. The first-order valence-electron chi connectivity index (χ1n) is 7.35. The highest BCUT2D eigenvalue weighted by Crippen LogP contribution is 2.25. The van der Waals surface area contributed by atoms with Gasteiger partial charge in [-0.15, -0.1) is 0 Å². The number of halogens is 1. The summed E-state index contributed by atoms with van der Waals surface area (Å²) in [4.78, 5) is 6.84. The molecule has 1 aliphatic heterocycles. The first-order chi connectivity index (χ1) is 10.3. The van der Waals surface area contributed by atoms with Crippen molar-refractivity contribution in [3.63, 3.8) is 0 Å². The zero-order valence-corrected chi connectivity index (χ0v) is 12.9. The van der Waals surface area contributed by atoms with Gasteiger partial charge in [-0.1, -0.05) is 23.7 Å². The fourth-order valence-electron chi connectivity index (χ4n) is 2.90. The van der Waals surface area contributed by atoms with Crippen LogP contribution in [0, 0.1) is 0 Å². The van der Waals surface area contributed by atoms with Crippen LogP contribution in [0.1, 0.15) is 18.7 Å². The number of nitrogens with one attached hydrogen (secondary N) is 1. The van der Waals surface area contributed by atoms with E-state index in [1.807, 2.05) is 31.3 Å². The molecule has 112 valence electrons. The molecular weight excluding hydrogens is 286 g/mol. The summed E-state index contributed by atoms with van der Waals surface area (Å²) < 4.78 is 5.88. The molecule has 0 radical (unpaired) electrons. The first-order valence-corrected chi connectivity index (χ1v) is 7.73.